The largest absolute Gasteiger partial charge is 0.481 e. The molecule has 0 spiro atoms. The Balaban J connectivity index is 0.00000196. The molecular formula is C9H16ClNO4. The predicted octanol–water partition coefficient (Wildman–Crippen LogP) is 0.535. The number of carbonyl (C=O) groups is 2. The van der Waals surface area contributed by atoms with Gasteiger partial charge in [0.2, 0.25) is 0 Å². The summed E-state index contributed by atoms with van der Waals surface area (Å²) in [7, 11) is 1.95. The Morgan fingerprint density at radius 1 is 1.20 bits per heavy atom. The second-order valence-corrected chi connectivity index (χ2v) is 3.79. The molecule has 0 aromatic rings. The van der Waals surface area contributed by atoms with Gasteiger partial charge in [0.25, 0.3) is 0 Å². The Morgan fingerprint density at radius 3 is 1.93 bits per heavy atom. The third-order valence-corrected chi connectivity index (χ3v) is 2.77. The van der Waals surface area contributed by atoms with Crippen molar-refractivity contribution in [1.29, 1.82) is 0 Å². The molecule has 1 fully saturated rings. The average molecular weight is 238 g/mol. The monoisotopic (exact) mass is 237 g/mol. The van der Waals surface area contributed by atoms with Gasteiger partial charge in [-0.05, 0) is 38.9 Å². The molecule has 0 amide bonds. The van der Waals surface area contributed by atoms with Crippen molar-refractivity contribution in [1.82, 2.24) is 4.90 Å². The molecule has 6 heteroatoms. The lowest BCUT2D eigenvalue weighted by atomic mass is 9.84. The zero-order chi connectivity index (χ0) is 10.7. The van der Waals surface area contributed by atoms with Crippen molar-refractivity contribution in [2.45, 2.75) is 12.8 Å². The van der Waals surface area contributed by atoms with Crippen molar-refractivity contribution in [3.05, 3.63) is 0 Å². The summed E-state index contributed by atoms with van der Waals surface area (Å²) in [6, 6.07) is 0. The summed E-state index contributed by atoms with van der Waals surface area (Å²) in [4.78, 5) is 23.5. The number of halogens is 1. The normalized spacial score (nSPS) is 18.5. The lowest BCUT2D eigenvalue weighted by molar-refractivity contribution is -0.158. The maximum atomic E-state index is 10.7. The summed E-state index contributed by atoms with van der Waals surface area (Å²) < 4.78 is 0. The number of carboxylic acid groups (broad SMARTS) is 2. The number of carboxylic acids is 2. The molecular weight excluding hydrogens is 222 g/mol. The second kappa shape index (κ2) is 5.92. The molecule has 0 bridgehead atoms. The van der Waals surface area contributed by atoms with Crippen LogP contribution in [0.4, 0.5) is 0 Å². The first kappa shape index (κ1) is 14.2. The molecule has 0 aliphatic carbocycles. The van der Waals surface area contributed by atoms with Crippen molar-refractivity contribution >= 4 is 24.3 Å². The van der Waals surface area contributed by atoms with Crippen LogP contribution in [-0.2, 0) is 9.59 Å². The Hall–Kier alpha value is -0.810. The van der Waals surface area contributed by atoms with Crippen molar-refractivity contribution in [2.24, 2.45) is 11.8 Å². The van der Waals surface area contributed by atoms with Gasteiger partial charge in [-0.1, -0.05) is 0 Å². The van der Waals surface area contributed by atoms with Gasteiger partial charge in [0.15, 0.2) is 5.92 Å². The number of piperidine rings is 1. The molecule has 0 aromatic heterocycles. The van der Waals surface area contributed by atoms with Crippen molar-refractivity contribution < 1.29 is 19.8 Å². The lowest BCUT2D eigenvalue weighted by Crippen LogP contribution is -2.39. The quantitative estimate of drug-likeness (QED) is 0.701. The molecule has 1 aliphatic heterocycles. The van der Waals surface area contributed by atoms with E-state index in [1.54, 1.807) is 0 Å². The highest BCUT2D eigenvalue weighted by atomic mass is 35.5. The van der Waals surface area contributed by atoms with Gasteiger partial charge in [-0.2, -0.15) is 0 Å². The van der Waals surface area contributed by atoms with Crippen LogP contribution in [0.2, 0.25) is 0 Å². The van der Waals surface area contributed by atoms with Crippen LogP contribution in [0.25, 0.3) is 0 Å². The molecule has 15 heavy (non-hydrogen) atoms. The van der Waals surface area contributed by atoms with Crippen molar-refractivity contribution in [3.63, 3.8) is 0 Å². The number of nitrogens with zero attached hydrogens (tertiary/aromatic N) is 1. The molecule has 1 heterocycles. The summed E-state index contributed by atoms with van der Waals surface area (Å²) in [5.41, 5.74) is 0. The average Bonchev–Trinajstić information content (AvgIpc) is 2.07. The summed E-state index contributed by atoms with van der Waals surface area (Å²) in [5.74, 6) is -3.89. The molecule has 5 nitrogen and oxygen atoms in total. The van der Waals surface area contributed by atoms with E-state index in [1.807, 2.05) is 7.05 Å². The number of rotatable bonds is 3. The van der Waals surface area contributed by atoms with Crippen LogP contribution in [0.15, 0.2) is 0 Å². The fourth-order valence-corrected chi connectivity index (χ4v) is 1.87. The SMILES string of the molecule is CN1CCC(C(C(=O)O)C(=O)O)CC1.Cl. The van der Waals surface area contributed by atoms with Crippen LogP contribution in [0.1, 0.15) is 12.8 Å². The van der Waals surface area contributed by atoms with E-state index >= 15 is 0 Å². The molecule has 1 rings (SSSR count). The van der Waals surface area contributed by atoms with Crippen LogP contribution in [0.5, 0.6) is 0 Å². The highest BCUT2D eigenvalue weighted by molar-refractivity contribution is 5.93. The Kier molecular flexibility index (Phi) is 5.60. The first-order chi connectivity index (χ1) is 6.52. The van der Waals surface area contributed by atoms with Gasteiger partial charge in [-0.3, -0.25) is 9.59 Å². The molecule has 1 aliphatic rings. The van der Waals surface area contributed by atoms with Gasteiger partial charge in [0, 0.05) is 0 Å². The summed E-state index contributed by atoms with van der Waals surface area (Å²) in [5, 5.41) is 17.5. The topological polar surface area (TPSA) is 77.8 Å². The molecule has 0 unspecified atom stereocenters. The second-order valence-electron chi connectivity index (χ2n) is 3.79. The minimum Gasteiger partial charge on any atom is -0.481 e. The van der Waals surface area contributed by atoms with Crippen LogP contribution < -0.4 is 0 Å². The summed E-state index contributed by atoms with van der Waals surface area (Å²) >= 11 is 0. The van der Waals surface area contributed by atoms with Gasteiger partial charge < -0.3 is 15.1 Å². The Bertz CT molecular complexity index is 224. The van der Waals surface area contributed by atoms with E-state index in [9.17, 15) is 9.59 Å². The third-order valence-electron chi connectivity index (χ3n) is 2.77. The highest BCUT2D eigenvalue weighted by Gasteiger charge is 2.36. The van der Waals surface area contributed by atoms with Crippen LogP contribution in [0, 0.1) is 11.8 Å². The minimum atomic E-state index is -1.23. The third kappa shape index (κ3) is 3.68. The first-order valence-electron chi connectivity index (χ1n) is 4.66. The van der Waals surface area contributed by atoms with E-state index in [0.717, 1.165) is 13.1 Å². The Labute approximate surface area is 94.5 Å². The molecule has 0 saturated carbocycles. The molecule has 2 N–H and O–H groups in total. The Morgan fingerprint density at radius 2 is 1.60 bits per heavy atom. The maximum Gasteiger partial charge on any atom is 0.318 e. The fourth-order valence-electron chi connectivity index (χ4n) is 1.87. The van der Waals surface area contributed by atoms with Gasteiger partial charge in [0.05, 0.1) is 0 Å². The summed E-state index contributed by atoms with van der Waals surface area (Å²) in [6.07, 6.45) is 1.31. The van der Waals surface area contributed by atoms with Crippen LogP contribution >= 0.6 is 12.4 Å². The van der Waals surface area contributed by atoms with Gasteiger partial charge in [0.1, 0.15) is 0 Å². The van der Waals surface area contributed by atoms with E-state index in [-0.39, 0.29) is 18.3 Å². The number of likely N-dealkylation sites (tertiary alicyclic amines) is 1. The van der Waals surface area contributed by atoms with E-state index in [1.165, 1.54) is 0 Å². The number of hydrogen-bond donors (Lipinski definition) is 2. The number of hydrogen-bond acceptors (Lipinski definition) is 3. The van der Waals surface area contributed by atoms with Crippen LogP contribution in [-0.4, -0.2) is 47.2 Å². The maximum absolute atomic E-state index is 10.7. The molecule has 1 saturated heterocycles. The van der Waals surface area contributed by atoms with Gasteiger partial charge >= 0.3 is 11.9 Å². The van der Waals surface area contributed by atoms with Crippen LogP contribution in [0.3, 0.4) is 0 Å². The highest BCUT2D eigenvalue weighted by Crippen LogP contribution is 2.24. The molecule has 88 valence electrons. The smallest absolute Gasteiger partial charge is 0.318 e. The molecule has 0 aromatic carbocycles. The zero-order valence-corrected chi connectivity index (χ0v) is 9.37. The molecule has 0 radical (unpaired) electrons. The predicted molar refractivity (Wildman–Crippen MR) is 56.2 cm³/mol. The first-order valence-corrected chi connectivity index (χ1v) is 4.66. The van der Waals surface area contributed by atoms with Gasteiger partial charge in [-0.15, -0.1) is 12.4 Å². The fraction of sp³-hybridized carbons (Fsp3) is 0.778. The van der Waals surface area contributed by atoms with E-state index < -0.39 is 17.9 Å². The standard InChI is InChI=1S/C9H15NO4.ClH/c1-10-4-2-6(3-5-10)7(8(11)12)9(13)14;/h6-7H,2-5H2,1H3,(H,11,12)(H,13,14);1H. The van der Waals surface area contributed by atoms with E-state index in [4.69, 9.17) is 10.2 Å². The minimum absolute atomic E-state index is 0. The van der Waals surface area contributed by atoms with Gasteiger partial charge in [-0.25, -0.2) is 0 Å². The molecule has 0 atom stereocenters. The van der Waals surface area contributed by atoms with Crippen molar-refractivity contribution in [3.8, 4) is 0 Å². The van der Waals surface area contributed by atoms with E-state index in [2.05, 4.69) is 4.90 Å². The zero-order valence-electron chi connectivity index (χ0n) is 8.55. The van der Waals surface area contributed by atoms with Crippen molar-refractivity contribution in [2.75, 3.05) is 20.1 Å². The summed E-state index contributed by atoms with van der Waals surface area (Å²) in [6.45, 7) is 1.56. The van der Waals surface area contributed by atoms with E-state index in [0.29, 0.717) is 12.8 Å². The number of aliphatic carboxylic acids is 2. The lowest BCUT2D eigenvalue weighted by Gasteiger charge is -2.30.